The molecule has 1 unspecified atom stereocenters. The normalized spacial score (nSPS) is 11.6. The third-order valence-electron chi connectivity index (χ3n) is 2.88. The Bertz CT molecular complexity index is 588. The summed E-state index contributed by atoms with van der Waals surface area (Å²) >= 11 is 1.41. The number of nitrogens with zero attached hydrogens (tertiary/aromatic N) is 1. The number of amides is 1. The van der Waals surface area contributed by atoms with E-state index in [1.807, 2.05) is 0 Å². The first-order valence-electron chi connectivity index (χ1n) is 6.28. The van der Waals surface area contributed by atoms with Gasteiger partial charge in [-0.05, 0) is 17.7 Å². The van der Waals surface area contributed by atoms with Crippen molar-refractivity contribution in [2.75, 3.05) is 11.9 Å². The van der Waals surface area contributed by atoms with Gasteiger partial charge >= 0.3 is 0 Å². The van der Waals surface area contributed by atoms with Gasteiger partial charge in [-0.15, -0.1) is 23.7 Å². The molecule has 0 saturated carbocycles. The predicted molar refractivity (Wildman–Crippen MR) is 85.4 cm³/mol. The van der Waals surface area contributed by atoms with Gasteiger partial charge in [0.1, 0.15) is 5.82 Å². The Morgan fingerprint density at radius 1 is 1.43 bits per heavy atom. The fourth-order valence-corrected chi connectivity index (χ4v) is 2.44. The molecule has 2 rings (SSSR count). The fourth-order valence-electron chi connectivity index (χ4n) is 1.59. The monoisotopic (exact) mass is 329 g/mol. The number of halogens is 2. The van der Waals surface area contributed by atoms with Gasteiger partial charge in [0.2, 0.25) is 5.91 Å². The third kappa shape index (κ3) is 5.08. The van der Waals surface area contributed by atoms with E-state index in [0.29, 0.717) is 18.1 Å². The minimum Gasteiger partial charge on any atom is -0.330 e. The lowest BCUT2D eigenvalue weighted by Crippen LogP contribution is -2.26. The predicted octanol–water partition coefficient (Wildman–Crippen LogP) is 2.83. The molecule has 0 saturated heterocycles. The number of thiazole rings is 1. The van der Waals surface area contributed by atoms with Crippen molar-refractivity contribution < 1.29 is 9.18 Å². The second kappa shape index (κ2) is 8.07. The second-order valence-corrected chi connectivity index (χ2v) is 5.68. The average Bonchev–Trinajstić information content (AvgIpc) is 2.87. The summed E-state index contributed by atoms with van der Waals surface area (Å²) in [4.78, 5) is 16.8. The van der Waals surface area contributed by atoms with Crippen LogP contribution < -0.4 is 11.1 Å². The highest BCUT2D eigenvalue weighted by Crippen LogP contribution is 2.21. The van der Waals surface area contributed by atoms with Crippen LogP contribution in [-0.2, 0) is 11.2 Å². The zero-order valence-corrected chi connectivity index (χ0v) is 13.1. The van der Waals surface area contributed by atoms with E-state index >= 15 is 0 Å². The molecule has 0 aliphatic carbocycles. The molecule has 0 bridgehead atoms. The number of anilines is 1. The number of hydrogen-bond donors (Lipinski definition) is 2. The quantitative estimate of drug-likeness (QED) is 0.886. The Morgan fingerprint density at radius 2 is 2.10 bits per heavy atom. The van der Waals surface area contributed by atoms with Crippen molar-refractivity contribution in [2.24, 2.45) is 11.7 Å². The molecule has 1 aromatic heterocycles. The van der Waals surface area contributed by atoms with E-state index in [0.717, 1.165) is 10.4 Å². The highest BCUT2D eigenvalue weighted by atomic mass is 35.5. The fraction of sp³-hybridized carbons (Fsp3) is 0.286. The van der Waals surface area contributed by atoms with E-state index in [1.54, 1.807) is 25.3 Å². The SMILES string of the molecule is CC(CN)C(=O)Nc1ncc(Cc2ccc(F)cc2)s1.Cl. The third-order valence-corrected chi connectivity index (χ3v) is 3.79. The summed E-state index contributed by atoms with van der Waals surface area (Å²) in [5.74, 6) is -0.614. The van der Waals surface area contributed by atoms with Crippen molar-refractivity contribution in [3.8, 4) is 0 Å². The van der Waals surface area contributed by atoms with Crippen LogP contribution in [0.2, 0.25) is 0 Å². The van der Waals surface area contributed by atoms with Crippen LogP contribution in [0.5, 0.6) is 0 Å². The highest BCUT2D eigenvalue weighted by Gasteiger charge is 2.13. The van der Waals surface area contributed by atoms with Gasteiger partial charge in [-0.25, -0.2) is 9.37 Å². The van der Waals surface area contributed by atoms with Crippen molar-refractivity contribution in [3.05, 3.63) is 46.7 Å². The molecule has 7 heteroatoms. The molecule has 1 amide bonds. The van der Waals surface area contributed by atoms with Gasteiger partial charge in [0.15, 0.2) is 5.13 Å². The Kier molecular flexibility index (Phi) is 6.74. The number of rotatable bonds is 5. The molecule has 0 spiro atoms. The van der Waals surface area contributed by atoms with Gasteiger partial charge in [-0.1, -0.05) is 19.1 Å². The van der Waals surface area contributed by atoms with E-state index in [1.165, 1.54) is 23.5 Å². The molecule has 0 radical (unpaired) electrons. The lowest BCUT2D eigenvalue weighted by atomic mass is 10.1. The van der Waals surface area contributed by atoms with Crippen molar-refractivity contribution >= 4 is 34.8 Å². The summed E-state index contributed by atoms with van der Waals surface area (Å²) in [6.07, 6.45) is 2.39. The first-order valence-corrected chi connectivity index (χ1v) is 7.10. The molecule has 0 aliphatic rings. The van der Waals surface area contributed by atoms with Crippen LogP contribution in [-0.4, -0.2) is 17.4 Å². The van der Waals surface area contributed by atoms with Crippen LogP contribution in [0, 0.1) is 11.7 Å². The van der Waals surface area contributed by atoms with Crippen LogP contribution in [0.1, 0.15) is 17.4 Å². The molecule has 3 N–H and O–H groups in total. The standard InChI is InChI=1S/C14H16FN3OS.ClH/c1-9(7-16)13(19)18-14-17-8-12(20-14)6-10-2-4-11(15)5-3-10;/h2-5,8-9H,6-7,16H2,1H3,(H,17,18,19);1H. The zero-order valence-electron chi connectivity index (χ0n) is 11.5. The van der Waals surface area contributed by atoms with Gasteiger partial charge in [-0.3, -0.25) is 4.79 Å². The van der Waals surface area contributed by atoms with E-state index in [4.69, 9.17) is 5.73 Å². The Balaban J connectivity index is 0.00000220. The Morgan fingerprint density at radius 3 is 2.71 bits per heavy atom. The van der Waals surface area contributed by atoms with Crippen LogP contribution in [0.15, 0.2) is 30.5 Å². The topological polar surface area (TPSA) is 68.0 Å². The maximum Gasteiger partial charge on any atom is 0.230 e. The maximum absolute atomic E-state index is 12.8. The van der Waals surface area contributed by atoms with E-state index in [9.17, 15) is 9.18 Å². The van der Waals surface area contributed by atoms with E-state index in [2.05, 4.69) is 10.3 Å². The van der Waals surface area contributed by atoms with Crippen molar-refractivity contribution in [1.29, 1.82) is 0 Å². The maximum atomic E-state index is 12.8. The zero-order chi connectivity index (χ0) is 14.5. The lowest BCUT2D eigenvalue weighted by Gasteiger charge is -2.06. The number of benzene rings is 1. The molecular formula is C14H17ClFN3OS. The largest absolute Gasteiger partial charge is 0.330 e. The molecule has 0 aliphatic heterocycles. The van der Waals surface area contributed by atoms with E-state index in [-0.39, 0.29) is 30.0 Å². The van der Waals surface area contributed by atoms with Crippen molar-refractivity contribution in [3.63, 3.8) is 0 Å². The van der Waals surface area contributed by atoms with Crippen LogP contribution >= 0.6 is 23.7 Å². The minimum atomic E-state index is -0.248. The summed E-state index contributed by atoms with van der Waals surface area (Å²) in [6, 6.07) is 6.34. The molecule has 114 valence electrons. The summed E-state index contributed by atoms with van der Waals surface area (Å²) < 4.78 is 12.8. The molecule has 2 aromatic rings. The lowest BCUT2D eigenvalue weighted by molar-refractivity contribution is -0.119. The van der Waals surface area contributed by atoms with Crippen LogP contribution in [0.4, 0.5) is 9.52 Å². The average molecular weight is 330 g/mol. The number of aromatic nitrogens is 1. The number of hydrogen-bond acceptors (Lipinski definition) is 4. The molecule has 1 atom stereocenters. The summed E-state index contributed by atoms with van der Waals surface area (Å²) in [7, 11) is 0. The van der Waals surface area contributed by atoms with Crippen molar-refractivity contribution in [1.82, 2.24) is 4.98 Å². The molecule has 21 heavy (non-hydrogen) atoms. The molecule has 4 nitrogen and oxygen atoms in total. The summed E-state index contributed by atoms with van der Waals surface area (Å²) in [5.41, 5.74) is 6.44. The molecular weight excluding hydrogens is 313 g/mol. The van der Waals surface area contributed by atoms with Gasteiger partial charge < -0.3 is 11.1 Å². The molecule has 1 aromatic carbocycles. The highest BCUT2D eigenvalue weighted by molar-refractivity contribution is 7.15. The van der Waals surface area contributed by atoms with Crippen molar-refractivity contribution in [2.45, 2.75) is 13.3 Å². The number of nitrogens with one attached hydrogen (secondary N) is 1. The van der Waals surface area contributed by atoms with Gasteiger partial charge in [-0.2, -0.15) is 0 Å². The van der Waals surface area contributed by atoms with Crippen LogP contribution in [0.25, 0.3) is 0 Å². The Labute approximate surface area is 133 Å². The summed E-state index contributed by atoms with van der Waals surface area (Å²) in [6.45, 7) is 2.07. The smallest absolute Gasteiger partial charge is 0.230 e. The minimum absolute atomic E-state index is 0. The van der Waals surface area contributed by atoms with Crippen LogP contribution in [0.3, 0.4) is 0 Å². The first-order chi connectivity index (χ1) is 9.58. The molecule has 0 fully saturated rings. The first kappa shape index (κ1) is 17.6. The van der Waals surface area contributed by atoms with Gasteiger partial charge in [0, 0.05) is 30.0 Å². The van der Waals surface area contributed by atoms with Gasteiger partial charge in [0.25, 0.3) is 0 Å². The Hall–Kier alpha value is -1.50. The number of carbonyl (C=O) groups is 1. The number of nitrogens with two attached hydrogens (primary N) is 1. The second-order valence-electron chi connectivity index (χ2n) is 4.56. The molecule has 1 heterocycles. The number of carbonyl (C=O) groups excluding carboxylic acids is 1. The van der Waals surface area contributed by atoms with Gasteiger partial charge in [0.05, 0.1) is 0 Å². The van der Waals surface area contributed by atoms with E-state index < -0.39 is 0 Å². The summed E-state index contributed by atoms with van der Waals surface area (Å²) in [5, 5.41) is 3.30.